The van der Waals surface area contributed by atoms with Gasteiger partial charge in [-0.1, -0.05) is 13.8 Å². The average molecular weight is 439 g/mol. The molecule has 126 valence electrons. The number of guanidine groups is 1. The number of halogens is 1. The number of piperazine rings is 1. The fraction of sp³-hybridized carbons (Fsp3) is 0.714. The van der Waals surface area contributed by atoms with Crippen LogP contribution in [0.4, 0.5) is 5.13 Å². The van der Waals surface area contributed by atoms with E-state index in [1.54, 1.807) is 11.3 Å². The Labute approximate surface area is 153 Å². The van der Waals surface area contributed by atoms with E-state index < -0.39 is 0 Å². The van der Waals surface area contributed by atoms with Gasteiger partial charge in [0.15, 0.2) is 11.1 Å². The molecule has 1 aromatic rings. The molecule has 22 heavy (non-hydrogen) atoms. The Morgan fingerprint density at radius 2 is 2.14 bits per heavy atom. The number of rotatable bonds is 6. The average Bonchev–Trinajstić information content (AvgIpc) is 3.01. The van der Waals surface area contributed by atoms with Crippen LogP contribution in [-0.2, 0) is 4.74 Å². The number of nitrogens with two attached hydrogens (primary N) is 1. The molecule has 1 aliphatic heterocycles. The Hall–Kier alpha value is -0.610. The van der Waals surface area contributed by atoms with Crippen molar-refractivity contribution in [3.05, 3.63) is 11.6 Å². The zero-order valence-electron chi connectivity index (χ0n) is 13.3. The van der Waals surface area contributed by atoms with Crippen LogP contribution in [0, 0.1) is 5.92 Å². The summed E-state index contributed by atoms with van der Waals surface area (Å²) < 4.78 is 5.50. The second-order valence-corrected chi connectivity index (χ2v) is 6.37. The van der Waals surface area contributed by atoms with E-state index in [2.05, 4.69) is 33.6 Å². The molecule has 6 nitrogen and oxygen atoms in total. The van der Waals surface area contributed by atoms with Crippen LogP contribution < -0.4 is 10.6 Å². The first-order chi connectivity index (χ1) is 10.2. The van der Waals surface area contributed by atoms with E-state index in [4.69, 9.17) is 10.5 Å². The summed E-state index contributed by atoms with van der Waals surface area (Å²) in [5, 5.41) is 3.10. The molecule has 1 saturated heterocycles. The minimum atomic E-state index is 0. The molecule has 8 heteroatoms. The summed E-state index contributed by atoms with van der Waals surface area (Å²) in [7, 11) is 0. The summed E-state index contributed by atoms with van der Waals surface area (Å²) in [4.78, 5) is 13.2. The van der Waals surface area contributed by atoms with Crippen LogP contribution in [0.2, 0.25) is 0 Å². The molecule has 0 radical (unpaired) electrons. The molecule has 0 amide bonds. The number of ether oxygens (including phenoxy) is 1. The Kier molecular flexibility index (Phi) is 9.03. The standard InChI is InChI=1S/C14H25N5OS.HI/c1-12(2)11-20-9-3-16-13(15)18-5-7-19(8-6-18)14-17-4-10-21-14;/h4,10,12H,3,5-9,11H2,1-2H3,(H2,15,16);1H. The fourth-order valence-corrected chi connectivity index (χ4v) is 2.84. The van der Waals surface area contributed by atoms with E-state index in [0.29, 0.717) is 25.0 Å². The highest BCUT2D eigenvalue weighted by Gasteiger charge is 2.19. The molecular formula is C14H26IN5OS. The largest absolute Gasteiger partial charge is 0.379 e. The van der Waals surface area contributed by atoms with E-state index in [1.807, 2.05) is 11.6 Å². The van der Waals surface area contributed by atoms with Gasteiger partial charge in [0.05, 0.1) is 13.2 Å². The van der Waals surface area contributed by atoms with Gasteiger partial charge in [0.1, 0.15) is 0 Å². The van der Waals surface area contributed by atoms with Crippen LogP contribution >= 0.6 is 35.3 Å². The number of aromatic nitrogens is 1. The predicted octanol–water partition coefficient (Wildman–Crippen LogP) is 1.87. The molecule has 1 fully saturated rings. The lowest BCUT2D eigenvalue weighted by Gasteiger charge is -2.35. The van der Waals surface area contributed by atoms with Crippen LogP contribution in [0.15, 0.2) is 16.6 Å². The van der Waals surface area contributed by atoms with E-state index in [1.165, 1.54) is 0 Å². The van der Waals surface area contributed by atoms with Gasteiger partial charge in [0, 0.05) is 44.4 Å². The number of anilines is 1. The second-order valence-electron chi connectivity index (χ2n) is 5.50. The van der Waals surface area contributed by atoms with Gasteiger partial charge in [-0.05, 0) is 5.92 Å². The van der Waals surface area contributed by atoms with Crippen LogP contribution in [0.5, 0.6) is 0 Å². The van der Waals surface area contributed by atoms with Gasteiger partial charge >= 0.3 is 0 Å². The van der Waals surface area contributed by atoms with Crippen molar-refractivity contribution in [3.8, 4) is 0 Å². The minimum absolute atomic E-state index is 0. The van der Waals surface area contributed by atoms with E-state index in [9.17, 15) is 0 Å². The molecule has 0 unspecified atom stereocenters. The van der Waals surface area contributed by atoms with Crippen LogP contribution in [0.25, 0.3) is 0 Å². The molecule has 0 aliphatic carbocycles. The van der Waals surface area contributed by atoms with Crippen molar-refractivity contribution in [2.45, 2.75) is 13.8 Å². The monoisotopic (exact) mass is 439 g/mol. The summed E-state index contributed by atoms with van der Waals surface area (Å²) in [6, 6.07) is 0. The fourth-order valence-electron chi connectivity index (χ4n) is 2.14. The third-order valence-electron chi connectivity index (χ3n) is 3.25. The minimum Gasteiger partial charge on any atom is -0.379 e. The highest BCUT2D eigenvalue weighted by atomic mass is 127. The van der Waals surface area contributed by atoms with Crippen molar-refractivity contribution in [1.29, 1.82) is 0 Å². The molecule has 2 heterocycles. The highest BCUT2D eigenvalue weighted by Crippen LogP contribution is 2.18. The van der Waals surface area contributed by atoms with Gasteiger partial charge in [-0.25, -0.2) is 4.98 Å². The zero-order chi connectivity index (χ0) is 15.1. The van der Waals surface area contributed by atoms with Gasteiger partial charge in [-0.15, -0.1) is 35.3 Å². The van der Waals surface area contributed by atoms with Crippen molar-refractivity contribution >= 4 is 46.4 Å². The molecule has 1 aromatic heterocycles. The summed E-state index contributed by atoms with van der Waals surface area (Å²) >= 11 is 1.68. The van der Waals surface area contributed by atoms with Crippen molar-refractivity contribution in [2.75, 3.05) is 50.8 Å². The maximum absolute atomic E-state index is 6.04. The van der Waals surface area contributed by atoms with Crippen LogP contribution in [-0.4, -0.2) is 61.8 Å². The lowest BCUT2D eigenvalue weighted by Crippen LogP contribution is -2.51. The lowest BCUT2D eigenvalue weighted by molar-refractivity contribution is 0.116. The van der Waals surface area contributed by atoms with E-state index in [0.717, 1.165) is 37.9 Å². The SMILES string of the molecule is CC(C)COCCN=C(N)N1CCN(c2nccs2)CC1.I. The third kappa shape index (κ3) is 6.25. The van der Waals surface area contributed by atoms with Gasteiger partial charge in [-0.2, -0.15) is 0 Å². The number of thiazole rings is 1. The third-order valence-corrected chi connectivity index (χ3v) is 4.09. The second kappa shape index (κ2) is 10.2. The first kappa shape index (κ1) is 19.4. The molecule has 0 bridgehead atoms. The van der Waals surface area contributed by atoms with Crippen molar-refractivity contribution in [3.63, 3.8) is 0 Å². The van der Waals surface area contributed by atoms with Crippen molar-refractivity contribution < 1.29 is 4.74 Å². The number of hydrogen-bond donors (Lipinski definition) is 1. The van der Waals surface area contributed by atoms with Gasteiger partial charge in [0.2, 0.25) is 0 Å². The first-order valence-corrected chi connectivity index (χ1v) is 8.32. The Morgan fingerprint density at radius 3 is 2.73 bits per heavy atom. The highest BCUT2D eigenvalue weighted by molar-refractivity contribution is 14.0. The normalized spacial score (nSPS) is 16.0. The summed E-state index contributed by atoms with van der Waals surface area (Å²) in [6.45, 7) is 9.98. The van der Waals surface area contributed by atoms with Crippen LogP contribution in [0.3, 0.4) is 0 Å². The molecule has 0 saturated carbocycles. The van der Waals surface area contributed by atoms with Crippen molar-refractivity contribution in [2.24, 2.45) is 16.6 Å². The van der Waals surface area contributed by atoms with Crippen molar-refractivity contribution in [1.82, 2.24) is 9.88 Å². The first-order valence-electron chi connectivity index (χ1n) is 7.44. The van der Waals surface area contributed by atoms with Gasteiger partial charge in [0.25, 0.3) is 0 Å². The molecule has 2 N–H and O–H groups in total. The number of aliphatic imine (C=N–C) groups is 1. The zero-order valence-corrected chi connectivity index (χ0v) is 16.4. The molecule has 0 atom stereocenters. The Balaban J connectivity index is 0.00000242. The van der Waals surface area contributed by atoms with Gasteiger partial charge < -0.3 is 20.3 Å². The molecule has 2 rings (SSSR count). The smallest absolute Gasteiger partial charge is 0.191 e. The van der Waals surface area contributed by atoms with Gasteiger partial charge in [-0.3, -0.25) is 4.99 Å². The number of nitrogens with zero attached hydrogens (tertiary/aromatic N) is 4. The summed E-state index contributed by atoms with van der Waals surface area (Å²) in [5.41, 5.74) is 6.04. The predicted molar refractivity (Wildman–Crippen MR) is 103 cm³/mol. The van der Waals surface area contributed by atoms with E-state index >= 15 is 0 Å². The molecule has 0 spiro atoms. The molecule has 0 aromatic carbocycles. The molecule has 1 aliphatic rings. The molecular weight excluding hydrogens is 413 g/mol. The Morgan fingerprint density at radius 1 is 1.41 bits per heavy atom. The summed E-state index contributed by atoms with van der Waals surface area (Å²) in [5.74, 6) is 1.19. The van der Waals surface area contributed by atoms with E-state index in [-0.39, 0.29) is 24.0 Å². The lowest BCUT2D eigenvalue weighted by atomic mass is 10.2. The van der Waals surface area contributed by atoms with Crippen LogP contribution in [0.1, 0.15) is 13.8 Å². The Bertz CT molecular complexity index is 432. The maximum Gasteiger partial charge on any atom is 0.191 e. The summed E-state index contributed by atoms with van der Waals surface area (Å²) in [6.07, 6.45) is 1.85. The number of hydrogen-bond acceptors (Lipinski definition) is 5. The maximum atomic E-state index is 6.04. The topological polar surface area (TPSA) is 67.0 Å². The quantitative estimate of drug-likeness (QED) is 0.317.